The summed E-state index contributed by atoms with van der Waals surface area (Å²) >= 11 is 0. The van der Waals surface area contributed by atoms with Crippen molar-refractivity contribution in [2.24, 2.45) is 0 Å². The van der Waals surface area contributed by atoms with Crippen LogP contribution in [-0.2, 0) is 28.4 Å². The highest BCUT2D eigenvalue weighted by atomic mass is 16.6. The molecule has 2 atom stereocenters. The number of likely N-dealkylation sites (tertiary alicyclic amines) is 1. The summed E-state index contributed by atoms with van der Waals surface area (Å²) in [5.41, 5.74) is 1.33. The third-order valence-corrected chi connectivity index (χ3v) is 5.35. The molecule has 0 aliphatic carbocycles. The molecule has 1 N–H and O–H groups in total. The highest BCUT2D eigenvalue weighted by molar-refractivity contribution is 5.19. The van der Waals surface area contributed by atoms with Crippen molar-refractivity contribution in [1.82, 2.24) is 10.2 Å². The van der Waals surface area contributed by atoms with Crippen LogP contribution in [0.25, 0.3) is 0 Å². The first kappa shape index (κ1) is 27.1. The molecule has 0 saturated carbocycles. The number of benzene rings is 1. The molecule has 0 amide bonds. The minimum absolute atomic E-state index is 0.291. The summed E-state index contributed by atoms with van der Waals surface area (Å²) in [5.74, 6) is 0. The van der Waals surface area contributed by atoms with E-state index in [1.165, 1.54) is 5.56 Å². The van der Waals surface area contributed by atoms with Gasteiger partial charge in [0.25, 0.3) is 0 Å². The number of likely N-dealkylation sites (N-methyl/N-ethyl adjacent to an activating group) is 1. The van der Waals surface area contributed by atoms with Crippen LogP contribution in [0.15, 0.2) is 30.3 Å². The van der Waals surface area contributed by atoms with Crippen molar-refractivity contribution >= 4 is 0 Å². The van der Waals surface area contributed by atoms with E-state index in [4.69, 9.17) is 28.4 Å². The van der Waals surface area contributed by atoms with Gasteiger partial charge in [0.1, 0.15) is 0 Å². The molecule has 0 spiro atoms. The van der Waals surface area contributed by atoms with Gasteiger partial charge in [0, 0.05) is 32.8 Å². The standard InChI is InChI=1S/C24H42N2O6/c1-25-24(22-6-4-3-5-7-22)21-26-9-8-23(20-26)32-19-18-31-17-16-30-15-14-29-13-12-28-11-10-27-2/h3-7,23-25H,8-21H2,1-2H3/t23-,24?/m0/s1. The van der Waals surface area contributed by atoms with Crippen LogP contribution < -0.4 is 5.32 Å². The normalized spacial score (nSPS) is 17.8. The molecule has 1 heterocycles. The molecular weight excluding hydrogens is 412 g/mol. The first-order valence-electron chi connectivity index (χ1n) is 11.7. The van der Waals surface area contributed by atoms with Crippen molar-refractivity contribution in [1.29, 1.82) is 0 Å². The Morgan fingerprint density at radius 2 is 1.41 bits per heavy atom. The quantitative estimate of drug-likeness (QED) is 0.299. The van der Waals surface area contributed by atoms with E-state index in [0.717, 1.165) is 26.1 Å². The van der Waals surface area contributed by atoms with Gasteiger partial charge in [-0.1, -0.05) is 30.3 Å². The third-order valence-electron chi connectivity index (χ3n) is 5.35. The van der Waals surface area contributed by atoms with Crippen LogP contribution >= 0.6 is 0 Å². The minimum Gasteiger partial charge on any atom is -0.382 e. The summed E-state index contributed by atoms with van der Waals surface area (Å²) in [7, 11) is 3.68. The van der Waals surface area contributed by atoms with Gasteiger partial charge in [-0.3, -0.25) is 4.90 Å². The molecule has 1 unspecified atom stereocenters. The van der Waals surface area contributed by atoms with E-state index in [-0.39, 0.29) is 0 Å². The van der Waals surface area contributed by atoms with Gasteiger partial charge >= 0.3 is 0 Å². The zero-order valence-corrected chi connectivity index (χ0v) is 19.8. The zero-order chi connectivity index (χ0) is 22.7. The summed E-state index contributed by atoms with van der Waals surface area (Å²) in [4.78, 5) is 2.47. The Kier molecular flexibility index (Phi) is 15.6. The Bertz CT molecular complexity index is 551. The van der Waals surface area contributed by atoms with Gasteiger partial charge in [-0.25, -0.2) is 0 Å². The van der Waals surface area contributed by atoms with Crippen LogP contribution in [0.1, 0.15) is 18.0 Å². The van der Waals surface area contributed by atoms with Crippen LogP contribution in [0.2, 0.25) is 0 Å². The number of hydrogen-bond acceptors (Lipinski definition) is 8. The van der Waals surface area contributed by atoms with Gasteiger partial charge in [-0.2, -0.15) is 0 Å². The Balaban J connectivity index is 1.38. The van der Waals surface area contributed by atoms with Gasteiger partial charge < -0.3 is 33.7 Å². The maximum atomic E-state index is 5.99. The SMILES string of the molecule is CNC(CN1CC[C@H](OCCOCCOCCOCCOCCOC)C1)c1ccccc1. The summed E-state index contributed by atoms with van der Waals surface area (Å²) in [6, 6.07) is 11.0. The van der Waals surface area contributed by atoms with E-state index in [0.29, 0.717) is 78.2 Å². The van der Waals surface area contributed by atoms with Crippen LogP contribution in [0, 0.1) is 0 Å². The third kappa shape index (κ3) is 12.2. The average molecular weight is 455 g/mol. The van der Waals surface area contributed by atoms with Gasteiger partial charge in [-0.05, 0) is 19.0 Å². The lowest BCUT2D eigenvalue weighted by atomic mass is 10.1. The topological polar surface area (TPSA) is 70.7 Å². The lowest BCUT2D eigenvalue weighted by Crippen LogP contribution is -2.33. The largest absolute Gasteiger partial charge is 0.382 e. The highest BCUT2D eigenvalue weighted by Gasteiger charge is 2.25. The van der Waals surface area contributed by atoms with E-state index in [9.17, 15) is 0 Å². The van der Waals surface area contributed by atoms with Crippen LogP contribution in [0.4, 0.5) is 0 Å². The smallest absolute Gasteiger partial charge is 0.0715 e. The molecule has 1 aromatic carbocycles. The maximum Gasteiger partial charge on any atom is 0.0715 e. The number of methoxy groups -OCH3 is 1. The first-order chi connectivity index (χ1) is 15.8. The molecule has 1 aliphatic heterocycles. The summed E-state index contributed by atoms with van der Waals surface area (Å²) in [6.07, 6.45) is 1.37. The molecule has 1 aromatic rings. The predicted molar refractivity (Wildman–Crippen MR) is 124 cm³/mol. The highest BCUT2D eigenvalue weighted by Crippen LogP contribution is 2.18. The van der Waals surface area contributed by atoms with Gasteiger partial charge in [-0.15, -0.1) is 0 Å². The Labute approximate surface area is 193 Å². The average Bonchev–Trinajstić information content (AvgIpc) is 3.28. The number of nitrogens with one attached hydrogen (secondary N) is 1. The van der Waals surface area contributed by atoms with Crippen LogP contribution in [0.3, 0.4) is 0 Å². The van der Waals surface area contributed by atoms with E-state index in [1.807, 2.05) is 7.05 Å². The summed E-state index contributed by atoms with van der Waals surface area (Å²) < 4.78 is 32.7. The van der Waals surface area contributed by atoms with Crippen LogP contribution in [0.5, 0.6) is 0 Å². The second-order valence-electron chi connectivity index (χ2n) is 7.74. The minimum atomic E-state index is 0.291. The monoisotopic (exact) mass is 454 g/mol. The molecule has 0 radical (unpaired) electrons. The molecule has 184 valence electrons. The molecule has 8 heteroatoms. The molecule has 1 aliphatic rings. The molecule has 0 aromatic heterocycles. The van der Waals surface area contributed by atoms with Gasteiger partial charge in [0.2, 0.25) is 0 Å². The van der Waals surface area contributed by atoms with Crippen molar-refractivity contribution in [3.63, 3.8) is 0 Å². The maximum absolute atomic E-state index is 5.99. The molecule has 2 rings (SSSR count). The number of rotatable bonds is 20. The van der Waals surface area contributed by atoms with Gasteiger partial charge in [0.05, 0.1) is 72.2 Å². The Morgan fingerprint density at radius 1 is 0.844 bits per heavy atom. The van der Waals surface area contributed by atoms with Crippen molar-refractivity contribution in [3.05, 3.63) is 35.9 Å². The molecule has 1 saturated heterocycles. The van der Waals surface area contributed by atoms with Crippen molar-refractivity contribution in [3.8, 4) is 0 Å². The number of ether oxygens (including phenoxy) is 6. The van der Waals surface area contributed by atoms with Crippen molar-refractivity contribution in [2.75, 3.05) is 99.9 Å². The zero-order valence-electron chi connectivity index (χ0n) is 19.8. The summed E-state index contributed by atoms with van der Waals surface area (Å²) in [5, 5.41) is 3.43. The predicted octanol–water partition coefficient (Wildman–Crippen LogP) is 1.75. The number of hydrogen-bond donors (Lipinski definition) is 1. The second-order valence-corrected chi connectivity index (χ2v) is 7.74. The molecule has 32 heavy (non-hydrogen) atoms. The fourth-order valence-corrected chi connectivity index (χ4v) is 3.58. The van der Waals surface area contributed by atoms with Crippen LogP contribution in [-0.4, -0.2) is 111 Å². The molecule has 1 fully saturated rings. The second kappa shape index (κ2) is 18.3. The molecule has 8 nitrogen and oxygen atoms in total. The van der Waals surface area contributed by atoms with Crippen molar-refractivity contribution in [2.45, 2.75) is 18.6 Å². The Morgan fingerprint density at radius 3 is 1.97 bits per heavy atom. The lowest BCUT2D eigenvalue weighted by molar-refractivity contribution is -0.0228. The van der Waals surface area contributed by atoms with Gasteiger partial charge in [0.15, 0.2) is 0 Å². The van der Waals surface area contributed by atoms with E-state index in [2.05, 4.69) is 40.5 Å². The fraction of sp³-hybridized carbons (Fsp3) is 0.750. The number of nitrogens with zero attached hydrogens (tertiary/aromatic N) is 1. The van der Waals surface area contributed by atoms with E-state index >= 15 is 0 Å². The summed E-state index contributed by atoms with van der Waals surface area (Å²) in [6.45, 7) is 8.89. The van der Waals surface area contributed by atoms with E-state index in [1.54, 1.807) is 7.11 Å². The molecule has 0 bridgehead atoms. The fourth-order valence-electron chi connectivity index (χ4n) is 3.58. The first-order valence-corrected chi connectivity index (χ1v) is 11.7. The molecular formula is C24H42N2O6. The van der Waals surface area contributed by atoms with E-state index < -0.39 is 0 Å². The Hall–Kier alpha value is -1.10. The van der Waals surface area contributed by atoms with Crippen molar-refractivity contribution < 1.29 is 28.4 Å². The lowest BCUT2D eigenvalue weighted by Gasteiger charge is -2.24.